The highest BCUT2D eigenvalue weighted by atomic mass is 79.9. The number of carbonyl (C=O) groups is 1. The third kappa shape index (κ3) is 3.27. The van der Waals surface area contributed by atoms with Gasteiger partial charge in [-0.3, -0.25) is 20.0 Å². The van der Waals surface area contributed by atoms with Gasteiger partial charge >= 0.3 is 0 Å². The van der Waals surface area contributed by atoms with E-state index in [1.165, 1.54) is 58.2 Å². The molecule has 6 heteroatoms. The molecule has 24 heavy (non-hydrogen) atoms. The number of hydrazine groups is 1. The zero-order valence-corrected chi connectivity index (χ0v) is 16.3. The van der Waals surface area contributed by atoms with E-state index < -0.39 is 0 Å². The maximum Gasteiger partial charge on any atom is 0.249 e. The van der Waals surface area contributed by atoms with Crippen LogP contribution in [0.25, 0.3) is 0 Å². The van der Waals surface area contributed by atoms with Gasteiger partial charge in [-0.25, -0.2) is 5.43 Å². The van der Waals surface area contributed by atoms with Crippen LogP contribution in [-0.4, -0.2) is 64.8 Å². The first-order valence-corrected chi connectivity index (χ1v) is 10.7. The Balaban J connectivity index is 1.39. The summed E-state index contributed by atoms with van der Waals surface area (Å²) in [6, 6.07) is 1.53. The lowest BCUT2D eigenvalue weighted by Crippen LogP contribution is -2.67. The second-order valence-electron chi connectivity index (χ2n) is 8.41. The highest BCUT2D eigenvalue weighted by molar-refractivity contribution is 9.10. The molecule has 2 bridgehead atoms. The number of nitrogens with zero attached hydrogens (tertiary/aromatic N) is 2. The van der Waals surface area contributed by atoms with Gasteiger partial charge in [0.05, 0.1) is 0 Å². The number of fused-ring (bicyclic) bond motifs is 2. The van der Waals surface area contributed by atoms with Crippen LogP contribution >= 0.6 is 15.9 Å². The van der Waals surface area contributed by atoms with E-state index in [0.29, 0.717) is 12.1 Å². The quantitative estimate of drug-likeness (QED) is 0.710. The molecule has 1 saturated carbocycles. The van der Waals surface area contributed by atoms with E-state index >= 15 is 0 Å². The number of amides is 1. The lowest BCUT2D eigenvalue weighted by molar-refractivity contribution is -0.125. The molecule has 5 nitrogen and oxygen atoms in total. The van der Waals surface area contributed by atoms with Crippen molar-refractivity contribution in [1.29, 1.82) is 0 Å². The van der Waals surface area contributed by atoms with E-state index in [1.54, 1.807) is 0 Å². The Morgan fingerprint density at radius 3 is 2.54 bits per heavy atom. The summed E-state index contributed by atoms with van der Waals surface area (Å²) in [6.07, 6.45) is 8.28. The molecule has 0 radical (unpaired) electrons. The van der Waals surface area contributed by atoms with Gasteiger partial charge in [-0.1, -0.05) is 42.1 Å². The average molecular weight is 399 g/mol. The van der Waals surface area contributed by atoms with Gasteiger partial charge in [0.15, 0.2) is 0 Å². The molecule has 3 heterocycles. The van der Waals surface area contributed by atoms with E-state index in [0.717, 1.165) is 18.4 Å². The fourth-order valence-corrected chi connectivity index (χ4v) is 6.13. The van der Waals surface area contributed by atoms with Gasteiger partial charge in [-0.15, -0.1) is 0 Å². The first-order valence-electron chi connectivity index (χ1n) is 9.80. The molecule has 4 rings (SSSR count). The molecule has 0 spiro atoms. The van der Waals surface area contributed by atoms with Gasteiger partial charge in [0, 0.05) is 44.3 Å². The van der Waals surface area contributed by atoms with Gasteiger partial charge in [0.2, 0.25) is 5.91 Å². The number of nitrogens with one attached hydrogen (secondary N) is 2. The summed E-state index contributed by atoms with van der Waals surface area (Å²) < 4.78 is 0. The first-order chi connectivity index (χ1) is 11.6. The zero-order chi connectivity index (χ0) is 16.7. The number of piperazine rings is 1. The van der Waals surface area contributed by atoms with Crippen molar-refractivity contribution in [3.05, 3.63) is 0 Å². The molecule has 3 aliphatic heterocycles. The molecule has 6 unspecified atom stereocenters. The highest BCUT2D eigenvalue weighted by Crippen LogP contribution is 2.36. The fourth-order valence-electron chi connectivity index (χ4n) is 5.56. The minimum atomic E-state index is -0.0910. The first kappa shape index (κ1) is 17.3. The fraction of sp³-hybridized carbons (Fsp3) is 0.944. The molecule has 0 aromatic carbocycles. The van der Waals surface area contributed by atoms with Crippen LogP contribution in [0, 0.1) is 11.8 Å². The smallest absolute Gasteiger partial charge is 0.249 e. The Hall–Kier alpha value is -0.170. The highest BCUT2D eigenvalue weighted by Gasteiger charge is 2.47. The number of halogens is 1. The predicted molar refractivity (Wildman–Crippen MR) is 98.9 cm³/mol. The number of carbonyl (C=O) groups excluding carboxylic acids is 1. The SMILES string of the molecule is CC1CCCCC1CN1CC2CCC(C1)N2C1CNNC(=O)C1Br. The summed E-state index contributed by atoms with van der Waals surface area (Å²) >= 11 is 3.63. The maximum absolute atomic E-state index is 12.0. The van der Waals surface area contributed by atoms with Crippen molar-refractivity contribution in [1.82, 2.24) is 20.7 Å². The van der Waals surface area contributed by atoms with Gasteiger partial charge in [0.25, 0.3) is 0 Å². The van der Waals surface area contributed by atoms with Crippen molar-refractivity contribution >= 4 is 21.8 Å². The number of hydrogen-bond donors (Lipinski definition) is 2. The second-order valence-corrected chi connectivity index (χ2v) is 9.40. The van der Waals surface area contributed by atoms with E-state index in [2.05, 4.69) is 43.5 Å². The molecule has 1 amide bonds. The number of rotatable bonds is 3. The summed E-state index contributed by atoms with van der Waals surface area (Å²) in [5, 5.41) is 0. The second kappa shape index (κ2) is 7.22. The maximum atomic E-state index is 12.0. The normalized spacial score (nSPS) is 44.5. The van der Waals surface area contributed by atoms with Gasteiger partial charge in [-0.05, 0) is 31.1 Å². The molecule has 0 aromatic heterocycles. The van der Waals surface area contributed by atoms with E-state index in [-0.39, 0.29) is 16.8 Å². The van der Waals surface area contributed by atoms with Crippen LogP contribution in [0.1, 0.15) is 45.4 Å². The summed E-state index contributed by atoms with van der Waals surface area (Å²) in [4.78, 5) is 17.3. The van der Waals surface area contributed by atoms with Gasteiger partial charge < -0.3 is 0 Å². The number of hydrogen-bond acceptors (Lipinski definition) is 4. The van der Waals surface area contributed by atoms with Crippen LogP contribution in [0.2, 0.25) is 0 Å². The minimum Gasteiger partial charge on any atom is -0.300 e. The lowest BCUT2D eigenvalue weighted by Gasteiger charge is -2.48. The topological polar surface area (TPSA) is 47.6 Å². The van der Waals surface area contributed by atoms with Crippen LogP contribution < -0.4 is 10.9 Å². The Labute approximate surface area is 154 Å². The van der Waals surface area contributed by atoms with Gasteiger partial charge in [0.1, 0.15) is 4.83 Å². The summed E-state index contributed by atoms with van der Waals surface area (Å²) in [5.41, 5.74) is 5.82. The summed E-state index contributed by atoms with van der Waals surface area (Å²) in [6.45, 7) is 6.98. The standard InChI is InChI=1S/C18H31BrN4O/c1-12-4-2-3-5-13(12)9-22-10-14-6-7-15(11-22)23(14)16-8-20-21-18(24)17(16)19/h12-17,20H,2-11H2,1H3,(H,21,24). The van der Waals surface area contributed by atoms with Crippen molar-refractivity contribution < 1.29 is 4.79 Å². The van der Waals surface area contributed by atoms with Crippen molar-refractivity contribution in [2.75, 3.05) is 26.2 Å². The Morgan fingerprint density at radius 1 is 1.12 bits per heavy atom. The molecule has 2 N–H and O–H groups in total. The lowest BCUT2D eigenvalue weighted by atomic mass is 9.80. The summed E-state index contributed by atoms with van der Waals surface area (Å²) in [7, 11) is 0. The predicted octanol–water partition coefficient (Wildman–Crippen LogP) is 1.73. The Bertz CT molecular complexity index is 462. The molecular formula is C18H31BrN4O. The van der Waals surface area contributed by atoms with E-state index in [9.17, 15) is 4.79 Å². The number of alkyl halides is 1. The van der Waals surface area contributed by atoms with E-state index in [1.807, 2.05) is 0 Å². The Kier molecular flexibility index (Phi) is 5.19. The summed E-state index contributed by atoms with van der Waals surface area (Å²) in [5.74, 6) is 1.87. The Morgan fingerprint density at radius 2 is 1.83 bits per heavy atom. The largest absolute Gasteiger partial charge is 0.300 e. The van der Waals surface area contributed by atoms with Crippen molar-refractivity contribution in [2.45, 2.75) is 68.4 Å². The van der Waals surface area contributed by atoms with Crippen molar-refractivity contribution in [2.24, 2.45) is 11.8 Å². The monoisotopic (exact) mass is 398 g/mol. The molecule has 4 fully saturated rings. The van der Waals surface area contributed by atoms with Gasteiger partial charge in [-0.2, -0.15) is 0 Å². The third-order valence-corrected chi connectivity index (χ3v) is 7.92. The van der Waals surface area contributed by atoms with Crippen molar-refractivity contribution in [3.63, 3.8) is 0 Å². The molecule has 3 saturated heterocycles. The van der Waals surface area contributed by atoms with Crippen LogP contribution in [0.15, 0.2) is 0 Å². The molecule has 4 aliphatic rings. The molecule has 136 valence electrons. The van der Waals surface area contributed by atoms with Crippen LogP contribution in [-0.2, 0) is 4.79 Å². The van der Waals surface area contributed by atoms with Crippen LogP contribution in [0.4, 0.5) is 0 Å². The molecule has 1 aliphatic carbocycles. The molecule has 0 aromatic rings. The van der Waals surface area contributed by atoms with Crippen molar-refractivity contribution in [3.8, 4) is 0 Å². The van der Waals surface area contributed by atoms with Crippen LogP contribution in [0.5, 0.6) is 0 Å². The molecular weight excluding hydrogens is 368 g/mol. The zero-order valence-electron chi connectivity index (χ0n) is 14.7. The van der Waals surface area contributed by atoms with E-state index in [4.69, 9.17) is 0 Å². The third-order valence-electron chi connectivity index (χ3n) is 6.89. The number of likely N-dealkylation sites (tertiary alicyclic amines) is 1. The minimum absolute atomic E-state index is 0.0733. The molecule has 6 atom stereocenters. The average Bonchev–Trinajstić information content (AvgIpc) is 2.83. The van der Waals surface area contributed by atoms with Crippen LogP contribution in [0.3, 0.4) is 0 Å².